The Labute approximate surface area is 121 Å². The predicted octanol–water partition coefficient (Wildman–Crippen LogP) is 1.83. The first-order valence-electron chi connectivity index (χ1n) is 7.67. The van der Waals surface area contributed by atoms with E-state index in [9.17, 15) is 4.79 Å². The topological polar surface area (TPSA) is 37.3 Å². The average Bonchev–Trinajstić information content (AvgIpc) is 3.10. The zero-order chi connectivity index (χ0) is 14.2. The van der Waals surface area contributed by atoms with Crippen LogP contribution in [0.1, 0.15) is 33.1 Å². The summed E-state index contributed by atoms with van der Waals surface area (Å²) in [7, 11) is 0. The predicted molar refractivity (Wildman–Crippen MR) is 79.5 cm³/mol. The third-order valence-corrected chi connectivity index (χ3v) is 5.05. The van der Waals surface area contributed by atoms with Crippen LogP contribution in [-0.2, 0) is 10.3 Å². The monoisotopic (exact) mass is 275 g/mol. The summed E-state index contributed by atoms with van der Waals surface area (Å²) < 4.78 is 2.02. The van der Waals surface area contributed by atoms with Crippen molar-refractivity contribution in [2.45, 2.75) is 38.6 Å². The van der Waals surface area contributed by atoms with Gasteiger partial charge in [-0.2, -0.15) is 0 Å². The first-order valence-corrected chi connectivity index (χ1v) is 7.67. The minimum absolute atomic E-state index is 0.250. The van der Waals surface area contributed by atoms with Crippen molar-refractivity contribution in [3.63, 3.8) is 0 Å². The molecule has 1 N–H and O–H groups in total. The van der Waals surface area contributed by atoms with Gasteiger partial charge in [0, 0.05) is 37.4 Å². The van der Waals surface area contributed by atoms with Gasteiger partial charge in [-0.05, 0) is 51.8 Å². The van der Waals surface area contributed by atoms with E-state index < -0.39 is 5.54 Å². The molecule has 4 nitrogen and oxygen atoms in total. The Bertz CT molecular complexity index is 472. The minimum Gasteiger partial charge on any atom is -0.340 e. The maximum atomic E-state index is 12.9. The maximum absolute atomic E-state index is 12.9. The van der Waals surface area contributed by atoms with Gasteiger partial charge in [-0.25, -0.2) is 0 Å². The molecule has 2 aliphatic rings. The van der Waals surface area contributed by atoms with Crippen molar-refractivity contribution in [2.75, 3.05) is 26.2 Å². The summed E-state index contributed by atoms with van der Waals surface area (Å²) >= 11 is 0. The number of nitrogens with zero attached hydrogens (tertiary/aromatic N) is 2. The zero-order valence-electron chi connectivity index (χ0n) is 12.6. The number of likely N-dealkylation sites (tertiary alicyclic amines) is 1. The molecular weight excluding hydrogens is 250 g/mol. The van der Waals surface area contributed by atoms with Crippen LogP contribution in [0.4, 0.5) is 0 Å². The second kappa shape index (κ2) is 4.92. The summed E-state index contributed by atoms with van der Waals surface area (Å²) in [6.07, 6.45) is 7.56. The molecule has 3 heterocycles. The fourth-order valence-corrected chi connectivity index (χ4v) is 3.73. The highest BCUT2D eigenvalue weighted by molar-refractivity contribution is 5.84. The number of aromatic nitrogens is 1. The van der Waals surface area contributed by atoms with Crippen LogP contribution in [0.2, 0.25) is 0 Å². The van der Waals surface area contributed by atoms with Crippen LogP contribution >= 0.6 is 0 Å². The molecule has 1 atom stereocenters. The molecule has 0 saturated carbocycles. The minimum atomic E-state index is -0.492. The van der Waals surface area contributed by atoms with Crippen LogP contribution in [0.15, 0.2) is 24.5 Å². The van der Waals surface area contributed by atoms with E-state index in [4.69, 9.17) is 0 Å². The van der Waals surface area contributed by atoms with Gasteiger partial charge >= 0.3 is 0 Å². The van der Waals surface area contributed by atoms with Crippen LogP contribution in [0, 0.1) is 5.41 Å². The van der Waals surface area contributed by atoms with Gasteiger partial charge in [0.05, 0.1) is 0 Å². The number of rotatable bonds is 2. The van der Waals surface area contributed by atoms with E-state index in [-0.39, 0.29) is 5.91 Å². The van der Waals surface area contributed by atoms with E-state index in [1.165, 1.54) is 12.8 Å². The number of carbonyl (C=O) groups is 1. The van der Waals surface area contributed by atoms with Crippen molar-refractivity contribution in [1.29, 1.82) is 0 Å². The standard InChI is InChI=1S/C16H25N3O/c1-15(2,19-10-3-4-11-19)14(20)18-9-5-6-16(13-18)7-8-17-12-16/h3-4,10-11,17H,5-9,12-13H2,1-2H3. The Balaban J connectivity index is 1.76. The van der Waals surface area contributed by atoms with Crippen molar-refractivity contribution in [3.8, 4) is 0 Å². The van der Waals surface area contributed by atoms with E-state index in [1.807, 2.05) is 42.9 Å². The molecule has 0 radical (unpaired) electrons. The van der Waals surface area contributed by atoms with Gasteiger partial charge in [-0.15, -0.1) is 0 Å². The third-order valence-electron chi connectivity index (χ3n) is 5.05. The molecule has 2 fully saturated rings. The molecule has 1 spiro atoms. The molecule has 110 valence electrons. The highest BCUT2D eigenvalue weighted by atomic mass is 16.2. The number of hydrogen-bond acceptors (Lipinski definition) is 2. The highest BCUT2D eigenvalue weighted by Gasteiger charge is 2.42. The van der Waals surface area contributed by atoms with Gasteiger partial charge in [0.15, 0.2) is 0 Å². The van der Waals surface area contributed by atoms with E-state index in [2.05, 4.69) is 10.2 Å². The number of hydrogen-bond donors (Lipinski definition) is 1. The molecule has 1 amide bonds. The Morgan fingerprint density at radius 3 is 2.65 bits per heavy atom. The number of piperidine rings is 1. The molecule has 2 saturated heterocycles. The normalized spacial score (nSPS) is 27.2. The first-order chi connectivity index (χ1) is 9.54. The first kappa shape index (κ1) is 13.7. The van der Waals surface area contributed by atoms with Gasteiger partial charge in [0.2, 0.25) is 5.91 Å². The van der Waals surface area contributed by atoms with Crippen molar-refractivity contribution in [3.05, 3.63) is 24.5 Å². The van der Waals surface area contributed by atoms with Gasteiger partial charge in [-0.1, -0.05) is 0 Å². The Morgan fingerprint density at radius 2 is 2.00 bits per heavy atom. The Hall–Kier alpha value is -1.29. The molecule has 0 bridgehead atoms. The lowest BCUT2D eigenvalue weighted by molar-refractivity contribution is -0.142. The SMILES string of the molecule is CC(C)(C(=O)N1CCCC2(CCNC2)C1)n1cccc1. The average molecular weight is 275 g/mol. The fourth-order valence-electron chi connectivity index (χ4n) is 3.73. The summed E-state index contributed by atoms with van der Waals surface area (Å²) in [6, 6.07) is 3.96. The van der Waals surface area contributed by atoms with Crippen molar-refractivity contribution < 1.29 is 4.79 Å². The van der Waals surface area contributed by atoms with E-state index >= 15 is 0 Å². The van der Waals surface area contributed by atoms with Crippen LogP contribution in [0.5, 0.6) is 0 Å². The van der Waals surface area contributed by atoms with Gasteiger partial charge in [-0.3, -0.25) is 4.79 Å². The molecular formula is C16H25N3O. The molecule has 1 unspecified atom stereocenters. The van der Waals surface area contributed by atoms with Gasteiger partial charge < -0.3 is 14.8 Å². The van der Waals surface area contributed by atoms with E-state index in [0.29, 0.717) is 5.41 Å². The third kappa shape index (κ3) is 2.26. The summed E-state index contributed by atoms with van der Waals surface area (Å²) in [4.78, 5) is 15.0. The van der Waals surface area contributed by atoms with Crippen LogP contribution in [-0.4, -0.2) is 41.6 Å². The lowest BCUT2D eigenvalue weighted by Crippen LogP contribution is -2.53. The molecule has 20 heavy (non-hydrogen) atoms. The number of nitrogens with one attached hydrogen (secondary N) is 1. The molecule has 0 aromatic carbocycles. The molecule has 4 heteroatoms. The lowest BCUT2D eigenvalue weighted by atomic mass is 9.79. The smallest absolute Gasteiger partial charge is 0.248 e. The molecule has 3 rings (SSSR count). The highest BCUT2D eigenvalue weighted by Crippen LogP contribution is 2.36. The van der Waals surface area contributed by atoms with Crippen molar-refractivity contribution in [2.24, 2.45) is 5.41 Å². The molecule has 0 aliphatic carbocycles. The van der Waals surface area contributed by atoms with E-state index in [1.54, 1.807) is 0 Å². The summed E-state index contributed by atoms with van der Waals surface area (Å²) in [5.41, 5.74) is -0.158. The lowest BCUT2D eigenvalue weighted by Gasteiger charge is -2.43. The number of amides is 1. The van der Waals surface area contributed by atoms with Crippen molar-refractivity contribution in [1.82, 2.24) is 14.8 Å². The largest absolute Gasteiger partial charge is 0.340 e. The summed E-state index contributed by atoms with van der Waals surface area (Å²) in [5.74, 6) is 0.250. The van der Waals surface area contributed by atoms with Crippen LogP contribution in [0.25, 0.3) is 0 Å². The van der Waals surface area contributed by atoms with Gasteiger partial charge in [0.25, 0.3) is 0 Å². The summed E-state index contributed by atoms with van der Waals surface area (Å²) in [5, 5.41) is 3.47. The number of carbonyl (C=O) groups excluding carboxylic acids is 1. The Morgan fingerprint density at radius 1 is 1.25 bits per heavy atom. The van der Waals surface area contributed by atoms with E-state index in [0.717, 1.165) is 32.6 Å². The van der Waals surface area contributed by atoms with Crippen LogP contribution in [0.3, 0.4) is 0 Å². The Kier molecular flexibility index (Phi) is 3.36. The zero-order valence-corrected chi connectivity index (χ0v) is 12.6. The summed E-state index contributed by atoms with van der Waals surface area (Å²) in [6.45, 7) is 8.03. The molecule has 1 aromatic rings. The van der Waals surface area contributed by atoms with Crippen molar-refractivity contribution >= 4 is 5.91 Å². The van der Waals surface area contributed by atoms with Gasteiger partial charge in [0.1, 0.15) is 5.54 Å². The quantitative estimate of drug-likeness (QED) is 0.894. The second-order valence-corrected chi connectivity index (χ2v) is 6.91. The fraction of sp³-hybridized carbons (Fsp3) is 0.688. The maximum Gasteiger partial charge on any atom is 0.248 e. The molecule has 2 aliphatic heterocycles. The second-order valence-electron chi connectivity index (χ2n) is 6.91. The van der Waals surface area contributed by atoms with Crippen LogP contribution < -0.4 is 5.32 Å². The molecule has 1 aromatic heterocycles.